The molecule has 1 aliphatic heterocycles. The van der Waals surface area contributed by atoms with Gasteiger partial charge in [-0.2, -0.15) is 0 Å². The summed E-state index contributed by atoms with van der Waals surface area (Å²) in [6.07, 6.45) is 6.85. The van der Waals surface area contributed by atoms with Gasteiger partial charge in [-0.05, 0) is 32.2 Å². The van der Waals surface area contributed by atoms with Gasteiger partial charge in [-0.25, -0.2) is 0 Å². The summed E-state index contributed by atoms with van der Waals surface area (Å²) in [5.74, 6) is 0.415. The van der Waals surface area contributed by atoms with E-state index in [2.05, 4.69) is 10.2 Å². The Balaban J connectivity index is 2.08. The Hall–Kier alpha value is -0.900. The average molecular weight is 238 g/mol. The highest BCUT2D eigenvalue weighted by Gasteiger charge is 2.37. The van der Waals surface area contributed by atoms with Crippen LogP contribution in [0.4, 0.5) is 0 Å². The van der Waals surface area contributed by atoms with Crippen LogP contribution in [0.1, 0.15) is 44.9 Å². The van der Waals surface area contributed by atoms with E-state index >= 15 is 0 Å². The molecule has 4 nitrogen and oxygen atoms in total. The van der Waals surface area contributed by atoms with E-state index in [-0.39, 0.29) is 18.0 Å². The van der Waals surface area contributed by atoms with Gasteiger partial charge in [-0.3, -0.25) is 14.5 Å². The second-order valence-electron chi connectivity index (χ2n) is 5.09. The van der Waals surface area contributed by atoms with Crippen LogP contribution in [0.15, 0.2) is 0 Å². The number of likely N-dealkylation sites (N-methyl/N-ethyl adjacent to an activating group) is 1. The molecule has 0 radical (unpaired) electrons. The standard InChI is InChI=1S/C13H22N2O2/c1-14-13(17)11-7-5-9-15(11)10-6-3-2-4-8-12(10)16/h10-11H,2-9H2,1H3,(H,14,17). The topological polar surface area (TPSA) is 49.4 Å². The van der Waals surface area contributed by atoms with E-state index in [1.807, 2.05) is 0 Å². The smallest absolute Gasteiger partial charge is 0.237 e. The van der Waals surface area contributed by atoms with Crippen molar-refractivity contribution < 1.29 is 9.59 Å². The number of hydrogen-bond donors (Lipinski definition) is 1. The molecule has 2 unspecified atom stereocenters. The Morgan fingerprint density at radius 1 is 1.24 bits per heavy atom. The predicted molar refractivity (Wildman–Crippen MR) is 65.7 cm³/mol. The fraction of sp³-hybridized carbons (Fsp3) is 0.846. The van der Waals surface area contributed by atoms with Crippen molar-refractivity contribution in [1.29, 1.82) is 0 Å². The molecule has 0 aromatic heterocycles. The molecular weight excluding hydrogens is 216 g/mol. The van der Waals surface area contributed by atoms with E-state index in [0.29, 0.717) is 12.2 Å². The Morgan fingerprint density at radius 2 is 2.06 bits per heavy atom. The van der Waals surface area contributed by atoms with Crippen LogP contribution in [0.5, 0.6) is 0 Å². The van der Waals surface area contributed by atoms with Crippen LogP contribution in [0.2, 0.25) is 0 Å². The molecule has 96 valence electrons. The number of hydrogen-bond acceptors (Lipinski definition) is 3. The number of carbonyl (C=O) groups excluding carboxylic acids is 2. The second-order valence-corrected chi connectivity index (χ2v) is 5.09. The molecule has 1 saturated carbocycles. The van der Waals surface area contributed by atoms with Crippen molar-refractivity contribution in [2.75, 3.05) is 13.6 Å². The van der Waals surface area contributed by atoms with Crippen molar-refractivity contribution in [2.24, 2.45) is 0 Å². The fourth-order valence-corrected chi connectivity index (χ4v) is 3.10. The third-order valence-corrected chi connectivity index (χ3v) is 4.02. The van der Waals surface area contributed by atoms with Crippen LogP contribution >= 0.6 is 0 Å². The molecule has 0 spiro atoms. The first-order valence-electron chi connectivity index (χ1n) is 6.74. The van der Waals surface area contributed by atoms with Gasteiger partial charge in [0.1, 0.15) is 5.78 Å². The lowest BCUT2D eigenvalue weighted by Crippen LogP contribution is -2.49. The molecule has 0 bridgehead atoms. The monoisotopic (exact) mass is 238 g/mol. The van der Waals surface area contributed by atoms with E-state index in [9.17, 15) is 9.59 Å². The molecule has 4 heteroatoms. The second kappa shape index (κ2) is 5.63. The van der Waals surface area contributed by atoms with Gasteiger partial charge < -0.3 is 5.32 Å². The SMILES string of the molecule is CNC(=O)C1CCCN1C1CCCCCC1=O. The van der Waals surface area contributed by atoms with Crippen molar-refractivity contribution in [3.05, 3.63) is 0 Å². The first-order chi connectivity index (χ1) is 8.24. The maximum Gasteiger partial charge on any atom is 0.237 e. The van der Waals surface area contributed by atoms with E-state index < -0.39 is 0 Å². The van der Waals surface area contributed by atoms with E-state index in [4.69, 9.17) is 0 Å². The van der Waals surface area contributed by atoms with Gasteiger partial charge in [-0.15, -0.1) is 0 Å². The summed E-state index contributed by atoms with van der Waals surface area (Å²) >= 11 is 0. The van der Waals surface area contributed by atoms with E-state index in [1.165, 1.54) is 0 Å². The first-order valence-corrected chi connectivity index (χ1v) is 6.74. The molecule has 0 aromatic carbocycles. The summed E-state index contributed by atoms with van der Waals surface area (Å²) in [6.45, 7) is 0.897. The third kappa shape index (κ3) is 2.68. The first kappa shape index (κ1) is 12.6. The lowest BCUT2D eigenvalue weighted by atomic mass is 10.0. The summed E-state index contributed by atoms with van der Waals surface area (Å²) in [5.41, 5.74) is 0. The lowest BCUT2D eigenvalue weighted by Gasteiger charge is -2.30. The molecular formula is C13H22N2O2. The molecule has 17 heavy (non-hydrogen) atoms. The number of Topliss-reactive ketones (excluding diaryl/α,β-unsaturated/α-hetero) is 1. The highest BCUT2D eigenvalue weighted by Crippen LogP contribution is 2.26. The number of rotatable bonds is 2. The zero-order valence-electron chi connectivity index (χ0n) is 10.6. The highest BCUT2D eigenvalue weighted by molar-refractivity contribution is 5.86. The predicted octanol–water partition coefficient (Wildman–Crippen LogP) is 1.10. The zero-order chi connectivity index (χ0) is 12.3. The third-order valence-electron chi connectivity index (χ3n) is 4.02. The molecule has 1 heterocycles. The minimum absolute atomic E-state index is 0.00213. The van der Waals surface area contributed by atoms with Crippen molar-refractivity contribution in [3.63, 3.8) is 0 Å². The molecule has 2 rings (SSSR count). The van der Waals surface area contributed by atoms with Crippen LogP contribution in [0.25, 0.3) is 0 Å². The summed E-state index contributed by atoms with van der Waals surface area (Å²) in [5, 5.41) is 2.71. The van der Waals surface area contributed by atoms with Gasteiger partial charge in [0.15, 0.2) is 0 Å². The number of carbonyl (C=O) groups is 2. The Kier molecular flexibility index (Phi) is 4.15. The number of nitrogens with zero attached hydrogens (tertiary/aromatic N) is 1. The maximum absolute atomic E-state index is 12.1. The Morgan fingerprint density at radius 3 is 2.82 bits per heavy atom. The van der Waals surface area contributed by atoms with Gasteiger partial charge in [0.25, 0.3) is 0 Å². The van der Waals surface area contributed by atoms with Gasteiger partial charge in [-0.1, -0.05) is 12.8 Å². The van der Waals surface area contributed by atoms with Crippen LogP contribution in [0.3, 0.4) is 0 Å². The molecule has 1 aliphatic carbocycles. The highest BCUT2D eigenvalue weighted by atomic mass is 16.2. The minimum atomic E-state index is -0.0768. The Bertz CT molecular complexity index is 304. The Labute approximate surface area is 103 Å². The van der Waals surface area contributed by atoms with Crippen LogP contribution in [-0.2, 0) is 9.59 Å². The zero-order valence-corrected chi connectivity index (χ0v) is 10.6. The number of likely N-dealkylation sites (tertiary alicyclic amines) is 1. The van der Waals surface area contributed by atoms with E-state index in [0.717, 1.165) is 45.1 Å². The van der Waals surface area contributed by atoms with E-state index in [1.54, 1.807) is 7.05 Å². The molecule has 0 aromatic rings. The average Bonchev–Trinajstić information content (AvgIpc) is 2.72. The fourth-order valence-electron chi connectivity index (χ4n) is 3.10. The quantitative estimate of drug-likeness (QED) is 0.733. The molecule has 2 fully saturated rings. The van der Waals surface area contributed by atoms with Gasteiger partial charge in [0.2, 0.25) is 5.91 Å². The van der Waals surface area contributed by atoms with Crippen molar-refractivity contribution >= 4 is 11.7 Å². The maximum atomic E-state index is 12.1. The van der Waals surface area contributed by atoms with Crippen molar-refractivity contribution in [2.45, 2.75) is 57.0 Å². The number of ketones is 1. The number of nitrogens with one attached hydrogen (secondary N) is 1. The summed E-state index contributed by atoms with van der Waals surface area (Å²) < 4.78 is 0. The van der Waals surface area contributed by atoms with Crippen LogP contribution < -0.4 is 5.32 Å². The summed E-state index contributed by atoms with van der Waals surface area (Å²) in [6, 6.07) is -0.0747. The van der Waals surface area contributed by atoms with Crippen molar-refractivity contribution in [3.8, 4) is 0 Å². The number of amides is 1. The summed E-state index contributed by atoms with van der Waals surface area (Å²) in [7, 11) is 1.67. The molecule has 1 saturated heterocycles. The molecule has 1 N–H and O–H groups in total. The molecule has 2 atom stereocenters. The van der Waals surface area contributed by atoms with Gasteiger partial charge in [0.05, 0.1) is 12.1 Å². The lowest BCUT2D eigenvalue weighted by molar-refractivity contribution is -0.129. The minimum Gasteiger partial charge on any atom is -0.358 e. The van der Waals surface area contributed by atoms with Crippen LogP contribution in [0, 0.1) is 0 Å². The molecule has 1 amide bonds. The van der Waals surface area contributed by atoms with Gasteiger partial charge in [0, 0.05) is 13.5 Å². The van der Waals surface area contributed by atoms with Crippen molar-refractivity contribution in [1.82, 2.24) is 10.2 Å². The normalized spacial score (nSPS) is 31.2. The van der Waals surface area contributed by atoms with Crippen LogP contribution in [-0.4, -0.2) is 42.3 Å². The summed E-state index contributed by atoms with van der Waals surface area (Å²) in [4.78, 5) is 26.0. The van der Waals surface area contributed by atoms with Gasteiger partial charge >= 0.3 is 0 Å². The molecule has 2 aliphatic rings. The largest absolute Gasteiger partial charge is 0.358 e.